The van der Waals surface area contributed by atoms with E-state index in [1.165, 1.54) is 11.3 Å². The molecular weight excluding hydrogens is 236 g/mol. The summed E-state index contributed by atoms with van der Waals surface area (Å²) in [6, 6.07) is 8.80. The van der Waals surface area contributed by atoms with Gasteiger partial charge in [-0.2, -0.15) is 0 Å². The van der Waals surface area contributed by atoms with E-state index in [1.807, 2.05) is 0 Å². The highest BCUT2D eigenvalue weighted by atomic mass is 16.5. The Morgan fingerprint density at radius 1 is 1.11 bits per heavy atom. The minimum absolute atomic E-state index is 0.315. The van der Waals surface area contributed by atoms with E-state index in [0.29, 0.717) is 6.10 Å². The molecule has 3 heteroatoms. The van der Waals surface area contributed by atoms with Gasteiger partial charge in [0.25, 0.3) is 0 Å². The summed E-state index contributed by atoms with van der Waals surface area (Å²) < 4.78 is 5.49. The van der Waals surface area contributed by atoms with Gasteiger partial charge in [-0.25, -0.2) is 0 Å². The zero-order chi connectivity index (χ0) is 14.1. The van der Waals surface area contributed by atoms with E-state index in [4.69, 9.17) is 4.74 Å². The van der Waals surface area contributed by atoms with Gasteiger partial charge in [-0.1, -0.05) is 12.1 Å². The molecule has 0 radical (unpaired) electrons. The van der Waals surface area contributed by atoms with Crippen molar-refractivity contribution >= 4 is 5.69 Å². The lowest BCUT2D eigenvalue weighted by molar-refractivity contribution is 0.0807. The number of rotatable bonds is 9. The number of anilines is 1. The van der Waals surface area contributed by atoms with Crippen molar-refractivity contribution in [1.29, 1.82) is 0 Å². The van der Waals surface area contributed by atoms with Crippen LogP contribution in [0.3, 0.4) is 0 Å². The van der Waals surface area contributed by atoms with Gasteiger partial charge < -0.3 is 15.0 Å². The van der Waals surface area contributed by atoms with Crippen molar-refractivity contribution in [3.63, 3.8) is 0 Å². The number of hydrogen-bond donors (Lipinski definition) is 1. The molecule has 0 atom stereocenters. The fourth-order valence-electron chi connectivity index (χ4n) is 2.01. The lowest BCUT2D eigenvalue weighted by atomic mass is 10.2. The Bertz CT molecular complexity index is 331. The Morgan fingerprint density at radius 3 is 2.26 bits per heavy atom. The number of ether oxygens (including phenoxy) is 1. The number of hydrogen-bond acceptors (Lipinski definition) is 3. The second kappa shape index (κ2) is 8.94. The summed E-state index contributed by atoms with van der Waals surface area (Å²) in [5, 5.41) is 3.40. The maximum absolute atomic E-state index is 5.49. The van der Waals surface area contributed by atoms with Crippen molar-refractivity contribution in [3.8, 4) is 0 Å². The van der Waals surface area contributed by atoms with Crippen LogP contribution in [0.25, 0.3) is 0 Å². The van der Waals surface area contributed by atoms with E-state index < -0.39 is 0 Å². The van der Waals surface area contributed by atoms with E-state index in [0.717, 1.165) is 32.8 Å². The molecule has 0 heterocycles. The summed E-state index contributed by atoms with van der Waals surface area (Å²) in [6.45, 7) is 13.2. The first-order chi connectivity index (χ1) is 9.17. The fourth-order valence-corrected chi connectivity index (χ4v) is 2.01. The second-order valence-corrected chi connectivity index (χ2v) is 4.94. The molecule has 1 aromatic carbocycles. The first-order valence-corrected chi connectivity index (χ1v) is 7.33. The highest BCUT2D eigenvalue weighted by molar-refractivity contribution is 5.47. The molecule has 0 fully saturated rings. The van der Waals surface area contributed by atoms with Crippen molar-refractivity contribution in [2.45, 2.75) is 40.3 Å². The quantitative estimate of drug-likeness (QED) is 0.694. The molecule has 0 aliphatic rings. The topological polar surface area (TPSA) is 24.5 Å². The normalized spacial score (nSPS) is 11.0. The van der Waals surface area contributed by atoms with Crippen LogP contribution >= 0.6 is 0 Å². The third kappa shape index (κ3) is 6.08. The smallest absolute Gasteiger partial charge is 0.0594 e. The zero-order valence-corrected chi connectivity index (χ0v) is 12.8. The van der Waals surface area contributed by atoms with E-state index in [2.05, 4.69) is 62.2 Å². The number of benzene rings is 1. The predicted molar refractivity (Wildman–Crippen MR) is 82.8 cm³/mol. The van der Waals surface area contributed by atoms with Gasteiger partial charge in [0, 0.05) is 31.9 Å². The van der Waals surface area contributed by atoms with Crippen molar-refractivity contribution in [2.24, 2.45) is 0 Å². The first-order valence-electron chi connectivity index (χ1n) is 7.33. The Kier molecular flexibility index (Phi) is 7.53. The molecule has 0 bridgehead atoms. The minimum Gasteiger partial charge on any atom is -0.377 e. The van der Waals surface area contributed by atoms with Crippen molar-refractivity contribution in [1.82, 2.24) is 5.32 Å². The van der Waals surface area contributed by atoms with E-state index in [1.54, 1.807) is 0 Å². The Hall–Kier alpha value is -1.06. The van der Waals surface area contributed by atoms with Crippen LogP contribution in [0.1, 0.15) is 33.3 Å². The molecule has 1 aromatic rings. The summed E-state index contributed by atoms with van der Waals surface area (Å²) in [5.74, 6) is 0. The standard InChI is InChI=1S/C16H28N2O/c1-5-18(6-2)16-9-7-15(8-10-16)13-17-11-12-19-14(3)4/h7-10,14,17H,5-6,11-13H2,1-4H3. The van der Waals surface area contributed by atoms with Crippen LogP contribution in [0.4, 0.5) is 5.69 Å². The molecule has 1 N–H and O–H groups in total. The maximum Gasteiger partial charge on any atom is 0.0594 e. The lowest BCUT2D eigenvalue weighted by Crippen LogP contribution is -2.22. The second-order valence-electron chi connectivity index (χ2n) is 4.94. The Labute approximate surface area is 118 Å². The van der Waals surface area contributed by atoms with Crippen LogP contribution in [-0.2, 0) is 11.3 Å². The van der Waals surface area contributed by atoms with Crippen LogP contribution in [-0.4, -0.2) is 32.3 Å². The lowest BCUT2D eigenvalue weighted by Gasteiger charge is -2.21. The fraction of sp³-hybridized carbons (Fsp3) is 0.625. The summed E-state index contributed by atoms with van der Waals surface area (Å²) in [4.78, 5) is 2.35. The first kappa shape index (κ1) is 16.0. The van der Waals surface area contributed by atoms with Gasteiger partial charge in [-0.05, 0) is 45.4 Å². The van der Waals surface area contributed by atoms with Gasteiger partial charge in [-0.15, -0.1) is 0 Å². The Balaban J connectivity index is 2.32. The van der Waals surface area contributed by atoms with E-state index in [-0.39, 0.29) is 0 Å². The molecule has 108 valence electrons. The van der Waals surface area contributed by atoms with Crippen LogP contribution in [0.15, 0.2) is 24.3 Å². The maximum atomic E-state index is 5.49. The van der Waals surface area contributed by atoms with E-state index >= 15 is 0 Å². The molecule has 0 spiro atoms. The van der Waals surface area contributed by atoms with Crippen molar-refractivity contribution < 1.29 is 4.74 Å². The average molecular weight is 264 g/mol. The monoisotopic (exact) mass is 264 g/mol. The highest BCUT2D eigenvalue weighted by Crippen LogP contribution is 2.14. The summed E-state index contributed by atoms with van der Waals surface area (Å²) in [5.41, 5.74) is 2.62. The molecule has 0 amide bonds. The van der Waals surface area contributed by atoms with Gasteiger partial charge in [-0.3, -0.25) is 0 Å². The van der Waals surface area contributed by atoms with Gasteiger partial charge in [0.05, 0.1) is 12.7 Å². The van der Waals surface area contributed by atoms with Gasteiger partial charge in [0.2, 0.25) is 0 Å². The molecule has 0 saturated carbocycles. The molecule has 0 aliphatic heterocycles. The van der Waals surface area contributed by atoms with Crippen LogP contribution in [0.2, 0.25) is 0 Å². The van der Waals surface area contributed by atoms with E-state index in [9.17, 15) is 0 Å². The van der Waals surface area contributed by atoms with Crippen LogP contribution in [0, 0.1) is 0 Å². The third-order valence-electron chi connectivity index (χ3n) is 3.12. The molecule has 0 saturated heterocycles. The van der Waals surface area contributed by atoms with Gasteiger partial charge in [0.1, 0.15) is 0 Å². The van der Waals surface area contributed by atoms with Crippen molar-refractivity contribution in [2.75, 3.05) is 31.1 Å². The molecule has 1 rings (SSSR count). The summed E-state index contributed by atoms with van der Waals surface area (Å²) in [7, 11) is 0. The Morgan fingerprint density at radius 2 is 1.74 bits per heavy atom. The number of nitrogens with one attached hydrogen (secondary N) is 1. The largest absolute Gasteiger partial charge is 0.377 e. The predicted octanol–water partition coefficient (Wildman–Crippen LogP) is 3.05. The molecule has 0 unspecified atom stereocenters. The van der Waals surface area contributed by atoms with Gasteiger partial charge >= 0.3 is 0 Å². The highest BCUT2D eigenvalue weighted by Gasteiger charge is 2.01. The molecule has 3 nitrogen and oxygen atoms in total. The molecule has 0 aromatic heterocycles. The van der Waals surface area contributed by atoms with Crippen molar-refractivity contribution in [3.05, 3.63) is 29.8 Å². The van der Waals surface area contributed by atoms with Crippen LogP contribution < -0.4 is 10.2 Å². The third-order valence-corrected chi connectivity index (χ3v) is 3.12. The number of nitrogens with zero attached hydrogens (tertiary/aromatic N) is 1. The average Bonchev–Trinajstić information content (AvgIpc) is 2.41. The molecule has 0 aliphatic carbocycles. The summed E-state index contributed by atoms with van der Waals surface area (Å²) >= 11 is 0. The summed E-state index contributed by atoms with van der Waals surface area (Å²) in [6.07, 6.45) is 0.315. The molecular formula is C16H28N2O. The van der Waals surface area contributed by atoms with Gasteiger partial charge in [0.15, 0.2) is 0 Å². The minimum atomic E-state index is 0.315. The zero-order valence-electron chi connectivity index (χ0n) is 12.8. The molecule has 19 heavy (non-hydrogen) atoms. The SMILES string of the molecule is CCN(CC)c1ccc(CNCCOC(C)C)cc1. The van der Waals surface area contributed by atoms with Crippen LogP contribution in [0.5, 0.6) is 0 Å².